The second-order valence-electron chi connectivity index (χ2n) is 4.64. The minimum Gasteiger partial charge on any atom is -0.394 e. The summed E-state index contributed by atoms with van der Waals surface area (Å²) in [5.41, 5.74) is 1.38. The Morgan fingerprint density at radius 2 is 2.00 bits per heavy atom. The van der Waals surface area contributed by atoms with Gasteiger partial charge < -0.3 is 9.84 Å². The summed E-state index contributed by atoms with van der Waals surface area (Å²) in [7, 11) is 0. The Morgan fingerprint density at radius 1 is 1.23 bits per heavy atom. The summed E-state index contributed by atoms with van der Waals surface area (Å²) < 4.78 is 7.11. The highest BCUT2D eigenvalue weighted by Gasteiger charge is 2.15. The van der Waals surface area contributed by atoms with Crippen LogP contribution < -0.4 is 11.2 Å². The van der Waals surface area contributed by atoms with Crippen LogP contribution in [0.1, 0.15) is 0 Å². The molecule has 0 bridgehead atoms. The van der Waals surface area contributed by atoms with E-state index in [1.807, 2.05) is 35.7 Å². The molecule has 0 aliphatic rings. The molecule has 3 rings (SSSR count). The number of hydrogen-bond acceptors (Lipinski definition) is 5. The fourth-order valence-electron chi connectivity index (χ4n) is 2.27. The first-order valence-corrected chi connectivity index (χ1v) is 7.58. The third-order valence-electron chi connectivity index (χ3n) is 3.25. The third kappa shape index (κ3) is 2.61. The number of ether oxygens (including phenoxy) is 1. The molecule has 2 aromatic heterocycles. The number of thiophene rings is 1. The van der Waals surface area contributed by atoms with Gasteiger partial charge in [0.1, 0.15) is 11.4 Å². The molecule has 7 heteroatoms. The highest BCUT2D eigenvalue weighted by molar-refractivity contribution is 7.17. The summed E-state index contributed by atoms with van der Waals surface area (Å²) in [6.07, 6.45) is 0. The Balaban J connectivity index is 2.23. The number of aromatic amines is 1. The summed E-state index contributed by atoms with van der Waals surface area (Å²) >= 11 is 1.29. The molecule has 2 N–H and O–H groups in total. The van der Waals surface area contributed by atoms with Crippen LogP contribution in [0, 0.1) is 0 Å². The van der Waals surface area contributed by atoms with Gasteiger partial charge >= 0.3 is 5.69 Å². The zero-order valence-corrected chi connectivity index (χ0v) is 12.4. The lowest BCUT2D eigenvalue weighted by Crippen LogP contribution is -2.30. The maximum atomic E-state index is 12.1. The number of nitrogens with one attached hydrogen (secondary N) is 1. The minimum atomic E-state index is -0.522. The average molecular weight is 318 g/mol. The first-order chi connectivity index (χ1) is 10.7. The van der Waals surface area contributed by atoms with Gasteiger partial charge in [-0.3, -0.25) is 14.3 Å². The quantitative estimate of drug-likeness (QED) is 0.696. The number of aliphatic hydroxyl groups is 1. The smallest absolute Gasteiger partial charge is 0.330 e. The van der Waals surface area contributed by atoms with Crippen molar-refractivity contribution >= 4 is 21.6 Å². The van der Waals surface area contributed by atoms with Crippen molar-refractivity contribution in [2.45, 2.75) is 6.73 Å². The van der Waals surface area contributed by atoms with Crippen LogP contribution in [0.25, 0.3) is 21.3 Å². The molecule has 2 heterocycles. The van der Waals surface area contributed by atoms with Gasteiger partial charge in [-0.25, -0.2) is 4.79 Å². The predicted molar refractivity (Wildman–Crippen MR) is 85.2 cm³/mol. The average Bonchev–Trinajstić information content (AvgIpc) is 2.97. The van der Waals surface area contributed by atoms with E-state index in [4.69, 9.17) is 9.84 Å². The molecule has 3 aromatic rings. The first kappa shape index (κ1) is 14.7. The van der Waals surface area contributed by atoms with E-state index in [-0.39, 0.29) is 19.9 Å². The van der Waals surface area contributed by atoms with Gasteiger partial charge in [0.05, 0.1) is 18.7 Å². The highest BCUT2D eigenvalue weighted by Crippen LogP contribution is 2.31. The number of benzene rings is 1. The predicted octanol–water partition coefficient (Wildman–Crippen LogP) is 1.38. The zero-order chi connectivity index (χ0) is 15.5. The van der Waals surface area contributed by atoms with Crippen molar-refractivity contribution in [3.63, 3.8) is 0 Å². The maximum absolute atomic E-state index is 12.1. The summed E-state index contributed by atoms with van der Waals surface area (Å²) in [5.74, 6) is 0. The van der Waals surface area contributed by atoms with Crippen LogP contribution in [-0.4, -0.2) is 27.9 Å². The first-order valence-electron chi connectivity index (χ1n) is 6.70. The van der Waals surface area contributed by atoms with Crippen molar-refractivity contribution in [2.24, 2.45) is 0 Å². The number of aromatic nitrogens is 2. The molecule has 0 aliphatic heterocycles. The van der Waals surface area contributed by atoms with Crippen molar-refractivity contribution in [1.29, 1.82) is 0 Å². The molecule has 0 atom stereocenters. The van der Waals surface area contributed by atoms with Gasteiger partial charge in [0, 0.05) is 10.9 Å². The number of rotatable bonds is 5. The van der Waals surface area contributed by atoms with Crippen LogP contribution in [0.3, 0.4) is 0 Å². The molecule has 0 spiro atoms. The summed E-state index contributed by atoms with van der Waals surface area (Å²) in [6, 6.07) is 9.55. The Labute approximate surface area is 129 Å². The molecule has 0 saturated carbocycles. The topological polar surface area (TPSA) is 84.3 Å². The van der Waals surface area contributed by atoms with E-state index in [1.165, 1.54) is 15.9 Å². The van der Waals surface area contributed by atoms with Crippen molar-refractivity contribution < 1.29 is 9.84 Å². The van der Waals surface area contributed by atoms with E-state index in [0.717, 1.165) is 11.1 Å². The minimum absolute atomic E-state index is 0.0246. The molecule has 0 amide bonds. The van der Waals surface area contributed by atoms with Gasteiger partial charge in [-0.2, -0.15) is 0 Å². The van der Waals surface area contributed by atoms with E-state index >= 15 is 0 Å². The molecule has 0 saturated heterocycles. The fourth-order valence-corrected chi connectivity index (χ4v) is 3.24. The van der Waals surface area contributed by atoms with Gasteiger partial charge in [0.2, 0.25) is 0 Å². The summed E-state index contributed by atoms with van der Waals surface area (Å²) in [6.45, 7) is -0.0302. The van der Waals surface area contributed by atoms with Gasteiger partial charge in [0.25, 0.3) is 5.56 Å². The number of hydrogen-bond donors (Lipinski definition) is 2. The van der Waals surface area contributed by atoms with Crippen LogP contribution >= 0.6 is 11.3 Å². The standard InChI is InChI=1S/C15H14N2O4S/c18-6-7-21-9-17-12-11(10-4-2-1-3-5-10)8-22-13(12)14(19)16-15(17)20/h1-5,8,18H,6-7,9H2,(H,16,19,20). The third-order valence-corrected chi connectivity index (χ3v) is 4.22. The van der Waals surface area contributed by atoms with Crippen molar-refractivity contribution in [2.75, 3.05) is 13.2 Å². The molecule has 1 aromatic carbocycles. The van der Waals surface area contributed by atoms with Gasteiger partial charge in [-0.1, -0.05) is 30.3 Å². The fraction of sp³-hybridized carbons (Fsp3) is 0.200. The highest BCUT2D eigenvalue weighted by atomic mass is 32.1. The van der Waals surface area contributed by atoms with Gasteiger partial charge in [0.15, 0.2) is 0 Å². The normalized spacial score (nSPS) is 11.1. The monoisotopic (exact) mass is 318 g/mol. The molecule has 0 unspecified atom stereocenters. The second kappa shape index (κ2) is 6.27. The van der Waals surface area contributed by atoms with Crippen LogP contribution in [0.15, 0.2) is 45.3 Å². The number of nitrogens with zero attached hydrogens (tertiary/aromatic N) is 1. The van der Waals surface area contributed by atoms with E-state index in [0.29, 0.717) is 10.2 Å². The van der Waals surface area contributed by atoms with E-state index in [1.54, 1.807) is 0 Å². The van der Waals surface area contributed by atoms with E-state index in [2.05, 4.69) is 4.98 Å². The Hall–Kier alpha value is -2.22. The van der Waals surface area contributed by atoms with E-state index in [9.17, 15) is 9.59 Å². The van der Waals surface area contributed by atoms with Crippen LogP contribution in [0.4, 0.5) is 0 Å². The van der Waals surface area contributed by atoms with Crippen LogP contribution in [0.5, 0.6) is 0 Å². The van der Waals surface area contributed by atoms with Gasteiger partial charge in [-0.15, -0.1) is 11.3 Å². The largest absolute Gasteiger partial charge is 0.394 e. The lowest BCUT2D eigenvalue weighted by Gasteiger charge is -2.09. The molecule has 6 nitrogen and oxygen atoms in total. The van der Waals surface area contributed by atoms with Crippen molar-refractivity contribution in [3.05, 3.63) is 56.5 Å². The zero-order valence-electron chi connectivity index (χ0n) is 11.6. The number of aliphatic hydroxyl groups excluding tert-OH is 1. The molecular weight excluding hydrogens is 304 g/mol. The Kier molecular flexibility index (Phi) is 4.19. The van der Waals surface area contributed by atoms with Crippen LogP contribution in [0.2, 0.25) is 0 Å². The Morgan fingerprint density at radius 3 is 2.73 bits per heavy atom. The molecule has 0 aliphatic carbocycles. The van der Waals surface area contributed by atoms with Crippen LogP contribution in [-0.2, 0) is 11.5 Å². The van der Waals surface area contributed by atoms with E-state index < -0.39 is 11.2 Å². The summed E-state index contributed by atoms with van der Waals surface area (Å²) in [4.78, 5) is 26.4. The lowest BCUT2D eigenvalue weighted by atomic mass is 10.1. The lowest BCUT2D eigenvalue weighted by molar-refractivity contribution is 0.0481. The summed E-state index contributed by atoms with van der Waals surface area (Å²) in [5, 5.41) is 10.7. The SMILES string of the molecule is O=c1[nH]c(=O)n(COCCO)c2c(-c3ccccc3)csc12. The van der Waals surface area contributed by atoms with Crippen molar-refractivity contribution in [3.8, 4) is 11.1 Å². The maximum Gasteiger partial charge on any atom is 0.330 e. The van der Waals surface area contributed by atoms with Crippen molar-refractivity contribution in [1.82, 2.24) is 9.55 Å². The molecular formula is C15H14N2O4S. The Bertz CT molecular complexity index is 895. The molecule has 0 fully saturated rings. The molecule has 0 radical (unpaired) electrons. The number of fused-ring (bicyclic) bond motifs is 1. The molecule has 114 valence electrons. The second-order valence-corrected chi connectivity index (χ2v) is 5.52. The number of H-pyrrole nitrogens is 1. The van der Waals surface area contributed by atoms with Gasteiger partial charge in [-0.05, 0) is 5.56 Å². The molecule has 22 heavy (non-hydrogen) atoms.